The molecule has 0 amide bonds. The number of aryl methyl sites for hydroxylation is 1. The zero-order chi connectivity index (χ0) is 14.7. The zero-order valence-corrected chi connectivity index (χ0v) is 12.6. The average Bonchev–Trinajstić information content (AvgIpc) is 2.72. The molecule has 1 aromatic carbocycles. The third-order valence-corrected chi connectivity index (χ3v) is 3.55. The van der Waals surface area contributed by atoms with E-state index in [0.29, 0.717) is 30.5 Å². The summed E-state index contributed by atoms with van der Waals surface area (Å²) >= 11 is 6.28. The summed E-state index contributed by atoms with van der Waals surface area (Å²) in [7, 11) is 0. The number of nitrogens with one attached hydrogen (secondary N) is 1. The SMILES string of the molecule is Cc1ccc(NCc2cc(Cl)c3c(c2)OCCCO3)cn1. The number of pyridine rings is 1. The number of anilines is 1. The fourth-order valence-electron chi connectivity index (χ4n) is 2.16. The summed E-state index contributed by atoms with van der Waals surface area (Å²) in [6, 6.07) is 7.86. The number of hydrogen-bond acceptors (Lipinski definition) is 4. The maximum absolute atomic E-state index is 6.28. The first-order valence-corrected chi connectivity index (χ1v) is 7.35. The molecular formula is C16H17ClN2O2. The van der Waals surface area contributed by atoms with Crippen LogP contribution in [0.2, 0.25) is 5.02 Å². The van der Waals surface area contributed by atoms with E-state index in [0.717, 1.165) is 29.1 Å². The number of halogens is 1. The van der Waals surface area contributed by atoms with Crippen molar-refractivity contribution in [3.8, 4) is 11.5 Å². The summed E-state index contributed by atoms with van der Waals surface area (Å²) < 4.78 is 11.3. The minimum absolute atomic E-state index is 0.591. The summed E-state index contributed by atoms with van der Waals surface area (Å²) in [4.78, 5) is 4.26. The van der Waals surface area contributed by atoms with Crippen LogP contribution in [0.5, 0.6) is 11.5 Å². The normalized spacial score (nSPS) is 13.6. The van der Waals surface area contributed by atoms with E-state index in [4.69, 9.17) is 21.1 Å². The fourth-order valence-corrected chi connectivity index (χ4v) is 2.45. The van der Waals surface area contributed by atoms with E-state index in [1.807, 2.05) is 37.4 Å². The molecule has 4 nitrogen and oxygen atoms in total. The number of rotatable bonds is 3. The molecule has 0 bridgehead atoms. The van der Waals surface area contributed by atoms with Crippen molar-refractivity contribution < 1.29 is 9.47 Å². The summed E-state index contributed by atoms with van der Waals surface area (Å²) in [6.07, 6.45) is 2.69. The van der Waals surface area contributed by atoms with Crippen molar-refractivity contribution in [3.05, 3.63) is 46.7 Å². The predicted molar refractivity (Wildman–Crippen MR) is 83.4 cm³/mol. The Morgan fingerprint density at radius 3 is 2.90 bits per heavy atom. The molecule has 0 radical (unpaired) electrons. The Morgan fingerprint density at radius 2 is 2.10 bits per heavy atom. The molecule has 0 fully saturated rings. The molecule has 0 atom stereocenters. The molecule has 2 heterocycles. The monoisotopic (exact) mass is 304 g/mol. The lowest BCUT2D eigenvalue weighted by Gasteiger charge is -2.12. The summed E-state index contributed by atoms with van der Waals surface area (Å²) in [5.74, 6) is 1.37. The van der Waals surface area contributed by atoms with Crippen LogP contribution in [0.25, 0.3) is 0 Å². The van der Waals surface area contributed by atoms with Crippen molar-refractivity contribution in [1.82, 2.24) is 4.98 Å². The van der Waals surface area contributed by atoms with Gasteiger partial charge in [0.1, 0.15) is 0 Å². The molecule has 1 aromatic heterocycles. The molecule has 5 heteroatoms. The number of nitrogens with zero attached hydrogens (tertiary/aromatic N) is 1. The molecule has 110 valence electrons. The van der Waals surface area contributed by atoms with Gasteiger partial charge < -0.3 is 14.8 Å². The Bertz CT molecular complexity index is 629. The Labute approximate surface area is 129 Å². The standard InChI is InChI=1S/C16H17ClN2O2/c1-11-3-4-13(10-18-11)19-9-12-7-14(17)16-15(8-12)20-5-2-6-21-16/h3-4,7-8,10,19H,2,5-6,9H2,1H3. The van der Waals surface area contributed by atoms with E-state index in [1.165, 1.54) is 0 Å². The van der Waals surface area contributed by atoms with Crippen LogP contribution in [0.4, 0.5) is 5.69 Å². The lowest BCUT2D eigenvalue weighted by atomic mass is 10.2. The van der Waals surface area contributed by atoms with Gasteiger partial charge in [0.05, 0.1) is 30.1 Å². The van der Waals surface area contributed by atoms with E-state index in [9.17, 15) is 0 Å². The Hall–Kier alpha value is -1.94. The Morgan fingerprint density at radius 1 is 1.24 bits per heavy atom. The minimum Gasteiger partial charge on any atom is -0.489 e. The molecule has 0 aliphatic carbocycles. The molecule has 0 spiro atoms. The summed E-state index contributed by atoms with van der Waals surface area (Å²) in [6.45, 7) is 3.91. The molecule has 1 aliphatic heterocycles. The van der Waals surface area contributed by atoms with Gasteiger partial charge in [0.2, 0.25) is 0 Å². The summed E-state index contributed by atoms with van der Waals surface area (Å²) in [5.41, 5.74) is 3.02. The van der Waals surface area contributed by atoms with Crippen molar-refractivity contribution >= 4 is 17.3 Å². The minimum atomic E-state index is 0.591. The molecular weight excluding hydrogens is 288 g/mol. The number of fused-ring (bicyclic) bond motifs is 1. The van der Waals surface area contributed by atoms with Crippen molar-refractivity contribution in [2.45, 2.75) is 19.9 Å². The van der Waals surface area contributed by atoms with Crippen LogP contribution >= 0.6 is 11.6 Å². The van der Waals surface area contributed by atoms with Gasteiger partial charge in [-0.1, -0.05) is 11.6 Å². The smallest absolute Gasteiger partial charge is 0.179 e. The molecule has 1 N–H and O–H groups in total. The molecule has 1 aliphatic rings. The highest BCUT2D eigenvalue weighted by molar-refractivity contribution is 6.32. The molecule has 3 rings (SSSR count). The molecule has 0 unspecified atom stereocenters. The second-order valence-electron chi connectivity index (χ2n) is 5.00. The van der Waals surface area contributed by atoms with Gasteiger partial charge in [-0.25, -0.2) is 0 Å². The van der Waals surface area contributed by atoms with Crippen LogP contribution in [0, 0.1) is 6.92 Å². The van der Waals surface area contributed by atoms with Gasteiger partial charge in [0.25, 0.3) is 0 Å². The Balaban J connectivity index is 1.75. The largest absolute Gasteiger partial charge is 0.489 e. The van der Waals surface area contributed by atoms with Crippen molar-refractivity contribution in [2.24, 2.45) is 0 Å². The van der Waals surface area contributed by atoms with Gasteiger partial charge in [-0.15, -0.1) is 0 Å². The van der Waals surface area contributed by atoms with Gasteiger partial charge in [0.15, 0.2) is 11.5 Å². The topological polar surface area (TPSA) is 43.4 Å². The molecule has 0 saturated heterocycles. The van der Waals surface area contributed by atoms with Gasteiger partial charge in [0, 0.05) is 18.7 Å². The first-order chi connectivity index (χ1) is 10.2. The first-order valence-electron chi connectivity index (χ1n) is 6.97. The zero-order valence-electron chi connectivity index (χ0n) is 11.9. The predicted octanol–water partition coefficient (Wildman–Crippen LogP) is 3.82. The lowest BCUT2D eigenvalue weighted by molar-refractivity contribution is 0.297. The Kier molecular flexibility index (Phi) is 4.15. The third-order valence-electron chi connectivity index (χ3n) is 3.27. The van der Waals surface area contributed by atoms with Gasteiger partial charge in [-0.2, -0.15) is 0 Å². The van der Waals surface area contributed by atoms with E-state index in [-0.39, 0.29) is 0 Å². The maximum Gasteiger partial charge on any atom is 0.179 e. The highest BCUT2D eigenvalue weighted by atomic mass is 35.5. The second kappa shape index (κ2) is 6.22. The van der Waals surface area contributed by atoms with Gasteiger partial charge in [-0.05, 0) is 36.8 Å². The van der Waals surface area contributed by atoms with Crippen LogP contribution in [0.1, 0.15) is 17.7 Å². The van der Waals surface area contributed by atoms with E-state index >= 15 is 0 Å². The van der Waals surface area contributed by atoms with Crippen molar-refractivity contribution in [3.63, 3.8) is 0 Å². The van der Waals surface area contributed by atoms with Gasteiger partial charge in [-0.3, -0.25) is 4.98 Å². The van der Waals surface area contributed by atoms with E-state index in [1.54, 1.807) is 0 Å². The number of ether oxygens (including phenoxy) is 2. The van der Waals surface area contributed by atoms with E-state index < -0.39 is 0 Å². The van der Waals surface area contributed by atoms with Crippen molar-refractivity contribution in [2.75, 3.05) is 18.5 Å². The van der Waals surface area contributed by atoms with Crippen LogP contribution < -0.4 is 14.8 Å². The maximum atomic E-state index is 6.28. The van der Waals surface area contributed by atoms with Crippen molar-refractivity contribution in [1.29, 1.82) is 0 Å². The number of aromatic nitrogens is 1. The van der Waals surface area contributed by atoms with Crippen LogP contribution in [0.3, 0.4) is 0 Å². The number of benzene rings is 1. The number of hydrogen-bond donors (Lipinski definition) is 1. The molecule has 21 heavy (non-hydrogen) atoms. The second-order valence-corrected chi connectivity index (χ2v) is 5.40. The first kappa shape index (κ1) is 14.0. The van der Waals surface area contributed by atoms with Gasteiger partial charge >= 0.3 is 0 Å². The molecule has 0 saturated carbocycles. The molecule has 2 aromatic rings. The highest BCUT2D eigenvalue weighted by Gasteiger charge is 2.15. The summed E-state index contributed by atoms with van der Waals surface area (Å²) in [5, 5.41) is 3.91. The average molecular weight is 305 g/mol. The fraction of sp³-hybridized carbons (Fsp3) is 0.312. The van der Waals surface area contributed by atoms with Crippen LogP contribution in [-0.2, 0) is 6.54 Å². The van der Waals surface area contributed by atoms with Crippen LogP contribution in [0.15, 0.2) is 30.5 Å². The quantitative estimate of drug-likeness (QED) is 0.936. The highest BCUT2D eigenvalue weighted by Crippen LogP contribution is 2.38. The van der Waals surface area contributed by atoms with E-state index in [2.05, 4.69) is 10.3 Å². The van der Waals surface area contributed by atoms with Crippen LogP contribution in [-0.4, -0.2) is 18.2 Å². The third kappa shape index (κ3) is 3.39. The lowest BCUT2D eigenvalue weighted by Crippen LogP contribution is -2.01.